The summed E-state index contributed by atoms with van der Waals surface area (Å²) < 4.78 is 14.8. The van der Waals surface area contributed by atoms with Crippen LogP contribution >= 0.6 is 11.8 Å². The molecule has 0 saturated heterocycles. The average molecular weight is 319 g/mol. The Morgan fingerprint density at radius 3 is 2.95 bits per heavy atom. The Morgan fingerprint density at radius 1 is 1.32 bits per heavy atom. The molecular weight excluding hydrogens is 301 g/mol. The van der Waals surface area contributed by atoms with Crippen molar-refractivity contribution in [3.05, 3.63) is 47.5 Å². The number of thioether (sulfide) groups is 1. The van der Waals surface area contributed by atoms with Crippen LogP contribution in [0.25, 0.3) is 0 Å². The minimum atomic E-state index is -0.264. The zero-order valence-electron chi connectivity index (χ0n) is 12.2. The fourth-order valence-corrected chi connectivity index (χ4v) is 3.29. The summed E-state index contributed by atoms with van der Waals surface area (Å²) in [5, 5.41) is 7.29. The number of aryl methyl sites for hydroxylation is 1. The number of halogens is 1. The fraction of sp³-hybridized carbons (Fsp3) is 0.375. The van der Waals surface area contributed by atoms with Crippen LogP contribution in [0.1, 0.15) is 24.1 Å². The first-order valence-electron chi connectivity index (χ1n) is 7.41. The molecule has 0 saturated carbocycles. The molecule has 1 N–H and O–H groups in total. The Morgan fingerprint density at radius 2 is 2.14 bits per heavy atom. The van der Waals surface area contributed by atoms with E-state index in [2.05, 4.69) is 10.4 Å². The third-order valence-electron chi connectivity index (χ3n) is 3.73. The number of fused-ring (bicyclic) bond motifs is 1. The SMILES string of the molecule is O=C(CSc1ccc(F)cc1)NCc1cnn2c1CCCC2. The Labute approximate surface area is 133 Å². The van der Waals surface area contributed by atoms with Crippen molar-refractivity contribution >= 4 is 17.7 Å². The minimum Gasteiger partial charge on any atom is -0.351 e. The van der Waals surface area contributed by atoms with Gasteiger partial charge in [-0.1, -0.05) is 0 Å². The van der Waals surface area contributed by atoms with E-state index < -0.39 is 0 Å². The van der Waals surface area contributed by atoms with Crippen LogP contribution in [0.15, 0.2) is 35.4 Å². The van der Waals surface area contributed by atoms with Gasteiger partial charge < -0.3 is 5.32 Å². The monoisotopic (exact) mass is 319 g/mol. The molecule has 0 bridgehead atoms. The lowest BCUT2D eigenvalue weighted by Gasteiger charge is -2.14. The number of carbonyl (C=O) groups is 1. The molecule has 2 heterocycles. The fourth-order valence-electron chi connectivity index (χ4n) is 2.56. The van der Waals surface area contributed by atoms with Crippen LogP contribution in [-0.2, 0) is 24.3 Å². The molecule has 3 rings (SSSR count). The minimum absolute atomic E-state index is 0.0231. The zero-order chi connectivity index (χ0) is 15.4. The first kappa shape index (κ1) is 15.1. The molecular formula is C16H18FN3OS. The van der Waals surface area contributed by atoms with E-state index in [0.29, 0.717) is 12.3 Å². The number of hydrogen-bond acceptors (Lipinski definition) is 3. The van der Waals surface area contributed by atoms with E-state index in [0.717, 1.165) is 23.4 Å². The van der Waals surface area contributed by atoms with Gasteiger partial charge in [-0.3, -0.25) is 9.48 Å². The predicted molar refractivity (Wildman–Crippen MR) is 84.1 cm³/mol. The molecule has 1 aromatic heterocycles. The van der Waals surface area contributed by atoms with Crippen molar-refractivity contribution in [1.82, 2.24) is 15.1 Å². The molecule has 1 aromatic carbocycles. The summed E-state index contributed by atoms with van der Waals surface area (Å²) in [5.74, 6) is 0.0413. The van der Waals surface area contributed by atoms with Gasteiger partial charge in [-0.25, -0.2) is 4.39 Å². The second-order valence-electron chi connectivity index (χ2n) is 5.32. The second-order valence-corrected chi connectivity index (χ2v) is 6.36. The number of hydrogen-bond donors (Lipinski definition) is 1. The largest absolute Gasteiger partial charge is 0.351 e. The Balaban J connectivity index is 1.48. The van der Waals surface area contributed by atoms with Gasteiger partial charge in [-0.05, 0) is 43.5 Å². The van der Waals surface area contributed by atoms with E-state index in [-0.39, 0.29) is 11.7 Å². The molecule has 1 aliphatic rings. The summed E-state index contributed by atoms with van der Waals surface area (Å²) >= 11 is 1.40. The molecule has 0 aliphatic carbocycles. The molecule has 1 aliphatic heterocycles. The lowest BCUT2D eigenvalue weighted by molar-refractivity contribution is -0.118. The standard InChI is InChI=1S/C16H18FN3OS/c17-13-4-6-14(7-5-13)22-11-16(21)18-9-12-10-19-20-8-2-1-3-15(12)20/h4-7,10H,1-3,8-9,11H2,(H,18,21). The third kappa shape index (κ3) is 3.68. The smallest absolute Gasteiger partial charge is 0.230 e. The van der Waals surface area contributed by atoms with Gasteiger partial charge in [0.1, 0.15) is 5.82 Å². The number of amides is 1. The van der Waals surface area contributed by atoms with Crippen LogP contribution in [0, 0.1) is 5.82 Å². The van der Waals surface area contributed by atoms with Gasteiger partial charge in [0.25, 0.3) is 0 Å². The summed E-state index contributed by atoms with van der Waals surface area (Å²) in [6.45, 7) is 1.50. The number of nitrogens with one attached hydrogen (secondary N) is 1. The Hall–Kier alpha value is -1.82. The van der Waals surface area contributed by atoms with Gasteiger partial charge in [0, 0.05) is 29.2 Å². The summed E-state index contributed by atoms with van der Waals surface area (Å²) in [6, 6.07) is 6.17. The number of nitrogens with zero attached hydrogens (tertiary/aromatic N) is 2. The molecule has 0 spiro atoms. The highest BCUT2D eigenvalue weighted by Gasteiger charge is 2.15. The van der Waals surface area contributed by atoms with E-state index in [1.54, 1.807) is 12.1 Å². The highest BCUT2D eigenvalue weighted by atomic mass is 32.2. The Bertz CT molecular complexity index is 654. The van der Waals surface area contributed by atoms with Crippen LogP contribution in [0.5, 0.6) is 0 Å². The van der Waals surface area contributed by atoms with E-state index in [1.165, 1.54) is 42.4 Å². The summed E-state index contributed by atoms with van der Waals surface area (Å²) in [7, 11) is 0. The number of rotatable bonds is 5. The molecule has 0 atom stereocenters. The molecule has 0 radical (unpaired) electrons. The van der Waals surface area contributed by atoms with Crippen LogP contribution in [0.2, 0.25) is 0 Å². The molecule has 4 nitrogen and oxygen atoms in total. The lowest BCUT2D eigenvalue weighted by atomic mass is 10.1. The summed E-state index contributed by atoms with van der Waals surface area (Å²) in [6.07, 6.45) is 5.26. The van der Waals surface area contributed by atoms with Crippen molar-refractivity contribution < 1.29 is 9.18 Å². The average Bonchev–Trinajstić information content (AvgIpc) is 2.96. The molecule has 2 aromatic rings. The van der Waals surface area contributed by atoms with Crippen LogP contribution in [0.4, 0.5) is 4.39 Å². The van der Waals surface area contributed by atoms with Gasteiger partial charge in [0.15, 0.2) is 0 Å². The number of carbonyl (C=O) groups excluding carboxylic acids is 1. The lowest BCUT2D eigenvalue weighted by Crippen LogP contribution is -2.25. The van der Waals surface area contributed by atoms with Crippen LogP contribution < -0.4 is 5.32 Å². The van der Waals surface area contributed by atoms with Crippen molar-refractivity contribution in [2.45, 2.75) is 37.2 Å². The highest BCUT2D eigenvalue weighted by molar-refractivity contribution is 8.00. The van der Waals surface area contributed by atoms with Gasteiger partial charge >= 0.3 is 0 Å². The first-order valence-corrected chi connectivity index (χ1v) is 8.39. The topological polar surface area (TPSA) is 46.9 Å². The maximum Gasteiger partial charge on any atom is 0.230 e. The van der Waals surface area contributed by atoms with Crippen molar-refractivity contribution in [2.24, 2.45) is 0 Å². The van der Waals surface area contributed by atoms with Crippen molar-refractivity contribution in [2.75, 3.05) is 5.75 Å². The Kier molecular flexibility index (Phi) is 4.77. The quantitative estimate of drug-likeness (QED) is 0.862. The van der Waals surface area contributed by atoms with E-state index >= 15 is 0 Å². The van der Waals surface area contributed by atoms with E-state index in [9.17, 15) is 9.18 Å². The second kappa shape index (κ2) is 6.96. The normalized spacial score (nSPS) is 13.7. The maximum atomic E-state index is 12.8. The van der Waals surface area contributed by atoms with Crippen molar-refractivity contribution in [3.63, 3.8) is 0 Å². The predicted octanol–water partition coefficient (Wildman–Crippen LogP) is 2.77. The number of aromatic nitrogens is 2. The summed E-state index contributed by atoms with van der Waals surface area (Å²) in [4.78, 5) is 12.8. The van der Waals surface area contributed by atoms with Crippen molar-refractivity contribution in [1.29, 1.82) is 0 Å². The van der Waals surface area contributed by atoms with Crippen molar-refractivity contribution in [3.8, 4) is 0 Å². The first-order chi connectivity index (χ1) is 10.7. The molecule has 6 heteroatoms. The molecule has 0 unspecified atom stereocenters. The van der Waals surface area contributed by atoms with E-state index in [4.69, 9.17) is 0 Å². The zero-order valence-corrected chi connectivity index (χ0v) is 13.0. The molecule has 22 heavy (non-hydrogen) atoms. The maximum absolute atomic E-state index is 12.8. The van der Waals surface area contributed by atoms with Gasteiger partial charge in [0.05, 0.1) is 11.9 Å². The molecule has 1 amide bonds. The van der Waals surface area contributed by atoms with Gasteiger partial charge in [0.2, 0.25) is 5.91 Å². The van der Waals surface area contributed by atoms with Gasteiger partial charge in [-0.15, -0.1) is 11.8 Å². The highest BCUT2D eigenvalue weighted by Crippen LogP contribution is 2.19. The van der Waals surface area contributed by atoms with Crippen LogP contribution in [0.3, 0.4) is 0 Å². The van der Waals surface area contributed by atoms with E-state index in [1.807, 2.05) is 10.9 Å². The number of benzene rings is 1. The molecule has 116 valence electrons. The molecule has 0 fully saturated rings. The van der Waals surface area contributed by atoms with Crippen LogP contribution in [-0.4, -0.2) is 21.4 Å². The third-order valence-corrected chi connectivity index (χ3v) is 4.74. The summed E-state index contributed by atoms with van der Waals surface area (Å²) in [5.41, 5.74) is 2.36. The van der Waals surface area contributed by atoms with Gasteiger partial charge in [-0.2, -0.15) is 5.10 Å².